The van der Waals surface area contributed by atoms with Crippen molar-refractivity contribution in [3.05, 3.63) is 48.0 Å². The zero-order valence-corrected chi connectivity index (χ0v) is 13.0. The molecule has 0 saturated heterocycles. The summed E-state index contributed by atoms with van der Waals surface area (Å²) in [7, 11) is 0. The van der Waals surface area contributed by atoms with E-state index in [1.807, 2.05) is 0 Å². The molecule has 2 aromatic rings. The molecule has 1 heteroatoms. The zero-order chi connectivity index (χ0) is 14.7. The predicted molar refractivity (Wildman–Crippen MR) is 89.3 cm³/mol. The summed E-state index contributed by atoms with van der Waals surface area (Å²) in [6.45, 7) is 2.27. The number of hydrogen-bond acceptors (Lipinski definition) is 1. The van der Waals surface area contributed by atoms with Crippen LogP contribution in [0.5, 0.6) is 0 Å². The van der Waals surface area contributed by atoms with Crippen LogP contribution in [0, 0.1) is 11.8 Å². The van der Waals surface area contributed by atoms with Gasteiger partial charge in [0.2, 0.25) is 0 Å². The summed E-state index contributed by atoms with van der Waals surface area (Å²) in [6, 6.07) is 14.8. The highest BCUT2D eigenvalue weighted by Crippen LogP contribution is 2.38. The van der Waals surface area contributed by atoms with Crippen LogP contribution in [-0.2, 0) is 0 Å². The van der Waals surface area contributed by atoms with Crippen LogP contribution in [0.15, 0.2) is 42.5 Å². The summed E-state index contributed by atoms with van der Waals surface area (Å²) in [6.07, 6.45) is 7.31. The molecule has 2 aromatic carbocycles. The maximum atomic E-state index is 10.7. The third-order valence-corrected chi connectivity index (χ3v) is 5.15. The third kappa shape index (κ3) is 3.29. The summed E-state index contributed by atoms with van der Waals surface area (Å²) in [4.78, 5) is 0. The lowest BCUT2D eigenvalue weighted by molar-refractivity contribution is 0.0723. The summed E-state index contributed by atoms with van der Waals surface area (Å²) >= 11 is 0. The Labute approximate surface area is 128 Å². The van der Waals surface area contributed by atoms with E-state index in [1.54, 1.807) is 0 Å². The van der Waals surface area contributed by atoms with Crippen molar-refractivity contribution in [2.75, 3.05) is 0 Å². The standard InChI is InChI=1S/C20H26O/c1-2-5-15-8-10-17(11-9-15)20(21)19-13-12-16-6-3-4-7-18(16)14-19/h3-4,6-7,12-15,17,20-21H,2,5,8-11H2,1H3. The Kier molecular flexibility index (Phi) is 4.60. The number of rotatable bonds is 4. The minimum atomic E-state index is -0.294. The molecule has 3 rings (SSSR count). The van der Waals surface area contributed by atoms with Gasteiger partial charge < -0.3 is 5.11 Å². The van der Waals surface area contributed by atoms with Gasteiger partial charge in [-0.3, -0.25) is 0 Å². The Morgan fingerprint density at radius 2 is 1.71 bits per heavy atom. The molecule has 0 spiro atoms. The number of fused-ring (bicyclic) bond motifs is 1. The molecule has 112 valence electrons. The molecule has 0 radical (unpaired) electrons. The molecule has 1 N–H and O–H groups in total. The molecule has 1 nitrogen and oxygen atoms in total. The highest BCUT2D eigenvalue weighted by Gasteiger charge is 2.27. The molecular formula is C20H26O. The second-order valence-electron chi connectivity index (χ2n) is 6.62. The Hall–Kier alpha value is -1.34. The zero-order valence-electron chi connectivity index (χ0n) is 13.0. The fourth-order valence-electron chi connectivity index (χ4n) is 3.86. The van der Waals surface area contributed by atoms with Gasteiger partial charge in [0.25, 0.3) is 0 Å². The van der Waals surface area contributed by atoms with E-state index in [-0.39, 0.29) is 6.10 Å². The monoisotopic (exact) mass is 282 g/mol. The van der Waals surface area contributed by atoms with Crippen molar-refractivity contribution in [3.63, 3.8) is 0 Å². The molecule has 0 aliphatic heterocycles. The van der Waals surface area contributed by atoms with Gasteiger partial charge in [-0.1, -0.05) is 69.0 Å². The Balaban J connectivity index is 1.70. The molecule has 1 atom stereocenters. The van der Waals surface area contributed by atoms with Crippen LogP contribution < -0.4 is 0 Å². The minimum Gasteiger partial charge on any atom is -0.388 e. The number of hydrogen-bond donors (Lipinski definition) is 1. The molecule has 21 heavy (non-hydrogen) atoms. The van der Waals surface area contributed by atoms with Gasteiger partial charge in [0.05, 0.1) is 6.10 Å². The van der Waals surface area contributed by atoms with Crippen LogP contribution in [0.3, 0.4) is 0 Å². The SMILES string of the molecule is CCCC1CCC(C(O)c2ccc3ccccc3c2)CC1. The summed E-state index contributed by atoms with van der Waals surface area (Å²) < 4.78 is 0. The van der Waals surface area contributed by atoms with E-state index in [0.29, 0.717) is 5.92 Å². The molecule has 1 aliphatic carbocycles. The van der Waals surface area contributed by atoms with Gasteiger partial charge in [-0.25, -0.2) is 0 Å². The highest BCUT2D eigenvalue weighted by molar-refractivity contribution is 5.83. The van der Waals surface area contributed by atoms with Crippen LogP contribution in [-0.4, -0.2) is 5.11 Å². The molecule has 0 heterocycles. The molecule has 1 saturated carbocycles. The van der Waals surface area contributed by atoms with E-state index in [9.17, 15) is 5.11 Å². The van der Waals surface area contributed by atoms with E-state index in [0.717, 1.165) is 11.5 Å². The second-order valence-corrected chi connectivity index (χ2v) is 6.62. The van der Waals surface area contributed by atoms with Crippen LogP contribution in [0.1, 0.15) is 57.1 Å². The highest BCUT2D eigenvalue weighted by atomic mass is 16.3. The second kappa shape index (κ2) is 6.62. The average Bonchev–Trinajstić information content (AvgIpc) is 2.55. The fourth-order valence-corrected chi connectivity index (χ4v) is 3.86. The third-order valence-electron chi connectivity index (χ3n) is 5.15. The largest absolute Gasteiger partial charge is 0.388 e. The van der Waals surface area contributed by atoms with E-state index in [2.05, 4.69) is 49.4 Å². The van der Waals surface area contributed by atoms with Crippen LogP contribution >= 0.6 is 0 Å². The van der Waals surface area contributed by atoms with Crippen molar-refractivity contribution in [1.29, 1.82) is 0 Å². The smallest absolute Gasteiger partial charge is 0.0818 e. The topological polar surface area (TPSA) is 20.2 Å². The van der Waals surface area contributed by atoms with E-state index in [1.165, 1.54) is 49.3 Å². The van der Waals surface area contributed by atoms with Crippen molar-refractivity contribution >= 4 is 10.8 Å². The van der Waals surface area contributed by atoms with Crippen molar-refractivity contribution in [2.24, 2.45) is 11.8 Å². The van der Waals surface area contributed by atoms with Gasteiger partial charge in [-0.15, -0.1) is 0 Å². The molecule has 0 amide bonds. The lowest BCUT2D eigenvalue weighted by Crippen LogP contribution is -2.20. The number of benzene rings is 2. The summed E-state index contributed by atoms with van der Waals surface area (Å²) in [5.41, 5.74) is 1.09. The van der Waals surface area contributed by atoms with Crippen LogP contribution in [0.2, 0.25) is 0 Å². The van der Waals surface area contributed by atoms with E-state index < -0.39 is 0 Å². The molecule has 0 bridgehead atoms. The normalized spacial score (nSPS) is 24.1. The number of aliphatic hydroxyl groups is 1. The maximum Gasteiger partial charge on any atom is 0.0818 e. The first kappa shape index (κ1) is 14.6. The van der Waals surface area contributed by atoms with E-state index >= 15 is 0 Å². The van der Waals surface area contributed by atoms with Crippen LogP contribution in [0.25, 0.3) is 10.8 Å². The first-order valence-electron chi connectivity index (χ1n) is 8.44. The van der Waals surface area contributed by atoms with Gasteiger partial charge >= 0.3 is 0 Å². The molecule has 1 aliphatic rings. The summed E-state index contributed by atoms with van der Waals surface area (Å²) in [5.74, 6) is 1.34. The van der Waals surface area contributed by atoms with Gasteiger partial charge in [-0.2, -0.15) is 0 Å². The fraction of sp³-hybridized carbons (Fsp3) is 0.500. The minimum absolute atomic E-state index is 0.294. The average molecular weight is 282 g/mol. The van der Waals surface area contributed by atoms with Crippen molar-refractivity contribution in [1.82, 2.24) is 0 Å². The molecular weight excluding hydrogens is 256 g/mol. The van der Waals surface area contributed by atoms with Crippen molar-refractivity contribution in [3.8, 4) is 0 Å². The Bertz CT molecular complexity index is 581. The molecule has 0 aromatic heterocycles. The lowest BCUT2D eigenvalue weighted by Gasteiger charge is -2.31. The van der Waals surface area contributed by atoms with Gasteiger partial charge in [-0.05, 0) is 47.1 Å². The van der Waals surface area contributed by atoms with Gasteiger partial charge in [0, 0.05) is 0 Å². The lowest BCUT2D eigenvalue weighted by atomic mass is 9.76. The van der Waals surface area contributed by atoms with Crippen molar-refractivity contribution < 1.29 is 5.11 Å². The first-order chi connectivity index (χ1) is 10.3. The maximum absolute atomic E-state index is 10.7. The Morgan fingerprint density at radius 1 is 1.00 bits per heavy atom. The first-order valence-corrected chi connectivity index (χ1v) is 8.44. The van der Waals surface area contributed by atoms with Crippen LogP contribution in [0.4, 0.5) is 0 Å². The summed E-state index contributed by atoms with van der Waals surface area (Å²) in [5, 5.41) is 13.2. The van der Waals surface area contributed by atoms with Gasteiger partial charge in [0.15, 0.2) is 0 Å². The Morgan fingerprint density at radius 3 is 2.43 bits per heavy atom. The van der Waals surface area contributed by atoms with Crippen molar-refractivity contribution in [2.45, 2.75) is 51.6 Å². The van der Waals surface area contributed by atoms with Gasteiger partial charge in [0.1, 0.15) is 0 Å². The van der Waals surface area contributed by atoms with E-state index in [4.69, 9.17) is 0 Å². The molecule has 1 fully saturated rings. The molecule has 1 unspecified atom stereocenters. The number of aliphatic hydroxyl groups excluding tert-OH is 1. The predicted octanol–water partition coefficient (Wildman–Crippen LogP) is 5.48. The quantitative estimate of drug-likeness (QED) is 0.787.